The van der Waals surface area contributed by atoms with Gasteiger partial charge in [0.1, 0.15) is 12.1 Å². The maximum atomic E-state index is 14.0. The Kier molecular flexibility index (Phi) is 7.94. The summed E-state index contributed by atoms with van der Waals surface area (Å²) in [6.45, 7) is 7.43. The highest BCUT2D eigenvalue weighted by Gasteiger charge is 2.42. The number of hydrogen-bond donors (Lipinski definition) is 1. The first-order chi connectivity index (χ1) is 18.6. The van der Waals surface area contributed by atoms with Crippen LogP contribution >= 0.6 is 0 Å². The van der Waals surface area contributed by atoms with Gasteiger partial charge in [0, 0.05) is 51.5 Å². The van der Waals surface area contributed by atoms with Crippen LogP contribution in [0.3, 0.4) is 0 Å². The minimum Gasteiger partial charge on any atom is -0.349 e. The van der Waals surface area contributed by atoms with Crippen molar-refractivity contribution in [1.29, 1.82) is 0 Å². The summed E-state index contributed by atoms with van der Waals surface area (Å²) in [4.78, 5) is 38.8. The number of hydrogen-bond acceptors (Lipinski definition) is 5. The average molecular weight is 544 g/mol. The number of amides is 2. The van der Waals surface area contributed by atoms with Gasteiger partial charge in [-0.3, -0.25) is 9.59 Å². The SMILES string of the molecule is Cc1ncnc(C)c1C(=O)N1C[C@H]2CN(CC[C@H](NC(=O)C3CCC(F)(F)CC3)c3cccc(F)c3)C[C@H]2C1. The molecule has 2 amide bonds. The van der Waals surface area contributed by atoms with E-state index in [1.807, 2.05) is 18.7 Å². The molecule has 1 saturated carbocycles. The number of nitrogens with zero attached hydrogens (tertiary/aromatic N) is 4. The van der Waals surface area contributed by atoms with E-state index in [2.05, 4.69) is 20.2 Å². The molecule has 3 aliphatic rings. The quantitative estimate of drug-likeness (QED) is 0.563. The number of nitrogens with one attached hydrogen (secondary N) is 1. The third-order valence-electron chi connectivity index (χ3n) is 8.68. The van der Waals surface area contributed by atoms with Crippen LogP contribution in [0.15, 0.2) is 30.6 Å². The van der Waals surface area contributed by atoms with Gasteiger partial charge in [0.2, 0.25) is 11.8 Å². The average Bonchev–Trinajstić information content (AvgIpc) is 3.45. The summed E-state index contributed by atoms with van der Waals surface area (Å²) >= 11 is 0. The molecule has 1 aliphatic carbocycles. The number of aromatic nitrogens is 2. The highest BCUT2D eigenvalue weighted by molar-refractivity contribution is 5.96. The second kappa shape index (κ2) is 11.2. The van der Waals surface area contributed by atoms with E-state index in [9.17, 15) is 22.8 Å². The van der Waals surface area contributed by atoms with Gasteiger partial charge in [-0.2, -0.15) is 0 Å². The maximum Gasteiger partial charge on any atom is 0.257 e. The van der Waals surface area contributed by atoms with E-state index in [1.54, 1.807) is 12.1 Å². The molecule has 3 fully saturated rings. The van der Waals surface area contributed by atoms with E-state index in [0.29, 0.717) is 60.4 Å². The number of benzene rings is 1. The van der Waals surface area contributed by atoms with Crippen LogP contribution in [-0.4, -0.2) is 70.2 Å². The van der Waals surface area contributed by atoms with Gasteiger partial charge in [-0.25, -0.2) is 23.1 Å². The van der Waals surface area contributed by atoms with Crippen molar-refractivity contribution in [2.45, 2.75) is 57.9 Å². The summed E-state index contributed by atoms with van der Waals surface area (Å²) in [5, 5.41) is 3.04. The lowest BCUT2D eigenvalue weighted by Gasteiger charge is -2.30. The Labute approximate surface area is 227 Å². The van der Waals surface area contributed by atoms with E-state index in [4.69, 9.17) is 0 Å². The van der Waals surface area contributed by atoms with E-state index in [-0.39, 0.29) is 43.3 Å². The predicted octanol–water partition coefficient (Wildman–Crippen LogP) is 4.31. The molecule has 7 nitrogen and oxygen atoms in total. The summed E-state index contributed by atoms with van der Waals surface area (Å²) in [5.41, 5.74) is 2.65. The van der Waals surface area contributed by atoms with Crippen LogP contribution in [0.2, 0.25) is 0 Å². The number of fused-ring (bicyclic) bond motifs is 1. The molecule has 2 saturated heterocycles. The summed E-state index contributed by atoms with van der Waals surface area (Å²) in [6.07, 6.45) is 1.83. The Morgan fingerprint density at radius 2 is 1.69 bits per heavy atom. The van der Waals surface area contributed by atoms with Crippen LogP contribution in [0.1, 0.15) is 65.5 Å². The molecule has 1 aromatic heterocycles. The topological polar surface area (TPSA) is 78.4 Å². The highest BCUT2D eigenvalue weighted by Crippen LogP contribution is 2.37. The summed E-state index contributed by atoms with van der Waals surface area (Å²) < 4.78 is 41.2. The number of carbonyl (C=O) groups is 2. The molecule has 5 rings (SSSR count). The largest absolute Gasteiger partial charge is 0.349 e. The zero-order valence-corrected chi connectivity index (χ0v) is 22.5. The van der Waals surface area contributed by atoms with Gasteiger partial charge in [0.25, 0.3) is 5.91 Å². The van der Waals surface area contributed by atoms with Crippen molar-refractivity contribution >= 4 is 11.8 Å². The summed E-state index contributed by atoms with van der Waals surface area (Å²) in [6, 6.07) is 5.81. The molecule has 0 bridgehead atoms. The standard InChI is InChI=1S/C29H36F3N5O2/c1-18-26(19(2)34-17-33-18)28(39)37-15-22-13-36(14-23(22)16-37)11-8-25(21-4-3-5-24(30)12-21)35-27(38)20-6-9-29(31,32)10-7-20/h3-5,12,17,20,22-23,25H,6-11,13-16H2,1-2H3,(H,35,38)/t22-,23+,25-/m0/s1. The zero-order valence-electron chi connectivity index (χ0n) is 22.5. The molecular weight excluding hydrogens is 507 g/mol. The molecule has 0 radical (unpaired) electrons. The van der Waals surface area contributed by atoms with Crippen LogP contribution in [-0.2, 0) is 4.79 Å². The first-order valence-corrected chi connectivity index (χ1v) is 13.8. The first-order valence-electron chi connectivity index (χ1n) is 13.8. The third-order valence-corrected chi connectivity index (χ3v) is 8.68. The second-order valence-corrected chi connectivity index (χ2v) is 11.4. The van der Waals surface area contributed by atoms with Gasteiger partial charge < -0.3 is 15.1 Å². The number of halogens is 3. The molecular formula is C29H36F3N5O2. The van der Waals surface area contributed by atoms with Crippen LogP contribution in [0.25, 0.3) is 0 Å². The smallest absolute Gasteiger partial charge is 0.257 e. The molecule has 3 atom stereocenters. The lowest BCUT2D eigenvalue weighted by Crippen LogP contribution is -2.39. The van der Waals surface area contributed by atoms with Crippen LogP contribution < -0.4 is 5.32 Å². The molecule has 1 aromatic carbocycles. The fourth-order valence-electron chi connectivity index (χ4n) is 6.45. The highest BCUT2D eigenvalue weighted by atomic mass is 19.3. The Balaban J connectivity index is 1.18. The summed E-state index contributed by atoms with van der Waals surface area (Å²) in [7, 11) is 0. The van der Waals surface area contributed by atoms with Crippen LogP contribution in [0.4, 0.5) is 13.2 Å². The number of carbonyl (C=O) groups excluding carboxylic acids is 2. The fourth-order valence-corrected chi connectivity index (χ4v) is 6.45. The van der Waals surface area contributed by atoms with Crippen molar-refractivity contribution in [3.8, 4) is 0 Å². The van der Waals surface area contributed by atoms with Gasteiger partial charge in [-0.1, -0.05) is 12.1 Å². The molecule has 1 N–H and O–H groups in total. The van der Waals surface area contributed by atoms with Crippen molar-refractivity contribution in [3.05, 3.63) is 58.9 Å². The van der Waals surface area contributed by atoms with Crippen molar-refractivity contribution in [2.24, 2.45) is 17.8 Å². The molecule has 10 heteroatoms. The maximum absolute atomic E-state index is 14.0. The molecule has 3 heterocycles. The molecule has 0 unspecified atom stereocenters. The van der Waals surface area contributed by atoms with Gasteiger partial charge in [-0.15, -0.1) is 0 Å². The molecule has 39 heavy (non-hydrogen) atoms. The normalized spacial score (nSPS) is 24.0. The Bertz CT molecular complexity index is 1180. The van der Waals surface area contributed by atoms with Crippen LogP contribution in [0.5, 0.6) is 0 Å². The Hall–Kier alpha value is -3.01. The van der Waals surface area contributed by atoms with E-state index in [0.717, 1.165) is 13.1 Å². The minimum absolute atomic E-state index is 0.0131. The van der Waals surface area contributed by atoms with Crippen molar-refractivity contribution in [3.63, 3.8) is 0 Å². The molecule has 2 aliphatic heterocycles. The van der Waals surface area contributed by atoms with Crippen molar-refractivity contribution < 1.29 is 22.8 Å². The monoisotopic (exact) mass is 543 g/mol. The van der Waals surface area contributed by atoms with Gasteiger partial charge in [0.05, 0.1) is 23.0 Å². The number of alkyl halides is 2. The number of rotatable bonds is 7. The van der Waals surface area contributed by atoms with Crippen LogP contribution in [0, 0.1) is 37.4 Å². The van der Waals surface area contributed by atoms with Gasteiger partial charge in [0.15, 0.2) is 0 Å². The lowest BCUT2D eigenvalue weighted by atomic mass is 9.86. The molecule has 0 spiro atoms. The number of likely N-dealkylation sites (tertiary alicyclic amines) is 2. The summed E-state index contributed by atoms with van der Waals surface area (Å²) in [5.74, 6) is -3.03. The van der Waals surface area contributed by atoms with E-state index < -0.39 is 17.9 Å². The Morgan fingerprint density at radius 3 is 2.31 bits per heavy atom. The predicted molar refractivity (Wildman–Crippen MR) is 140 cm³/mol. The van der Waals surface area contributed by atoms with Gasteiger partial charge >= 0.3 is 0 Å². The number of aryl methyl sites for hydroxylation is 2. The van der Waals surface area contributed by atoms with E-state index in [1.165, 1.54) is 18.5 Å². The van der Waals surface area contributed by atoms with Crippen molar-refractivity contribution in [1.82, 2.24) is 25.1 Å². The van der Waals surface area contributed by atoms with E-state index >= 15 is 0 Å². The fraction of sp³-hybridized carbons (Fsp3) is 0.586. The molecule has 210 valence electrons. The first kappa shape index (κ1) is 27.6. The Morgan fingerprint density at radius 1 is 1.05 bits per heavy atom. The molecule has 2 aromatic rings. The van der Waals surface area contributed by atoms with Gasteiger partial charge in [-0.05, 0) is 62.6 Å². The lowest BCUT2D eigenvalue weighted by molar-refractivity contribution is -0.130. The third kappa shape index (κ3) is 6.26. The second-order valence-electron chi connectivity index (χ2n) is 11.4. The zero-order chi connectivity index (χ0) is 27.7. The minimum atomic E-state index is -2.70. The van der Waals surface area contributed by atoms with Crippen molar-refractivity contribution in [2.75, 3.05) is 32.7 Å².